The summed E-state index contributed by atoms with van der Waals surface area (Å²) in [5.74, 6) is -0.961. The minimum Gasteiger partial charge on any atom is -0.377 e. The summed E-state index contributed by atoms with van der Waals surface area (Å²) in [6.45, 7) is 1.08. The Balaban J connectivity index is 1.68. The van der Waals surface area contributed by atoms with Crippen molar-refractivity contribution in [2.24, 2.45) is 5.41 Å². The lowest BCUT2D eigenvalue weighted by Gasteiger charge is -2.53. The molecule has 3 heterocycles. The molecule has 158 valence electrons. The van der Waals surface area contributed by atoms with Crippen LogP contribution >= 0.6 is 12.2 Å². The van der Waals surface area contributed by atoms with E-state index in [1.54, 1.807) is 30.3 Å². The molecule has 2 fully saturated rings. The maximum Gasteiger partial charge on any atom is 0.269 e. The zero-order valence-electron chi connectivity index (χ0n) is 16.3. The second-order valence-electron chi connectivity index (χ2n) is 7.74. The van der Waals surface area contributed by atoms with E-state index < -0.39 is 28.2 Å². The van der Waals surface area contributed by atoms with Gasteiger partial charge in [-0.2, -0.15) is 0 Å². The number of hydrogen-bond donors (Lipinski definition) is 1. The Morgan fingerprint density at radius 1 is 1.19 bits per heavy atom. The van der Waals surface area contributed by atoms with Gasteiger partial charge >= 0.3 is 0 Å². The number of fused-ring (bicyclic) bond motifs is 4. The van der Waals surface area contributed by atoms with Crippen LogP contribution in [-0.4, -0.2) is 47.7 Å². The van der Waals surface area contributed by atoms with Gasteiger partial charge in [-0.3, -0.25) is 24.6 Å². The Labute approximate surface area is 182 Å². The van der Waals surface area contributed by atoms with E-state index in [4.69, 9.17) is 17.0 Å². The minimum absolute atomic E-state index is 0.0138. The molecule has 0 aromatic heterocycles. The molecule has 3 aliphatic rings. The highest BCUT2D eigenvalue weighted by Crippen LogP contribution is 2.46. The van der Waals surface area contributed by atoms with Crippen LogP contribution in [0.15, 0.2) is 48.5 Å². The molecule has 2 aromatic carbocycles. The number of anilines is 2. The number of carbonyl (C=O) groups is 2. The largest absolute Gasteiger partial charge is 0.377 e. The standard InChI is InChI=1S/C21H18N4O5S/c26-18-21(19(27)24(20(31)22-18)14-4-2-1-3-5-14)11-13-10-15(25(28)29)6-7-16(13)23-8-9-30-12-17(21)23/h1-7,10,17H,8-9,11-12H2,(H,22,26,31)/t17-,21+/m1/s1. The van der Waals surface area contributed by atoms with Crippen LogP contribution in [-0.2, 0) is 20.7 Å². The molecule has 0 bridgehead atoms. The predicted molar refractivity (Wildman–Crippen MR) is 116 cm³/mol. The second-order valence-corrected chi connectivity index (χ2v) is 8.12. The van der Waals surface area contributed by atoms with Gasteiger partial charge in [0.2, 0.25) is 5.91 Å². The smallest absolute Gasteiger partial charge is 0.269 e. The van der Waals surface area contributed by atoms with Crippen LogP contribution in [0.5, 0.6) is 0 Å². The number of hydrogen-bond acceptors (Lipinski definition) is 7. The summed E-state index contributed by atoms with van der Waals surface area (Å²) in [6.07, 6.45) is 0.0190. The number of amides is 2. The van der Waals surface area contributed by atoms with Crippen molar-refractivity contribution in [2.45, 2.75) is 12.5 Å². The van der Waals surface area contributed by atoms with Crippen molar-refractivity contribution < 1.29 is 19.2 Å². The lowest BCUT2D eigenvalue weighted by Crippen LogP contribution is -2.74. The molecule has 0 aliphatic carbocycles. The van der Waals surface area contributed by atoms with E-state index in [0.29, 0.717) is 24.4 Å². The molecule has 0 unspecified atom stereocenters. The number of rotatable bonds is 2. The topological polar surface area (TPSA) is 105 Å². The first-order valence-corrected chi connectivity index (χ1v) is 10.2. The highest BCUT2D eigenvalue weighted by molar-refractivity contribution is 7.80. The Kier molecular flexibility index (Phi) is 4.49. The molecule has 0 saturated carbocycles. The first kappa shape index (κ1) is 19.6. The molecule has 0 radical (unpaired) electrons. The van der Waals surface area contributed by atoms with Crippen molar-refractivity contribution in [3.63, 3.8) is 0 Å². The lowest BCUT2D eigenvalue weighted by molar-refractivity contribution is -0.384. The summed E-state index contributed by atoms with van der Waals surface area (Å²) >= 11 is 5.33. The van der Waals surface area contributed by atoms with Crippen molar-refractivity contribution in [3.8, 4) is 0 Å². The van der Waals surface area contributed by atoms with Gasteiger partial charge < -0.3 is 15.0 Å². The Hall–Kier alpha value is -3.37. The molecule has 5 rings (SSSR count). The van der Waals surface area contributed by atoms with E-state index in [9.17, 15) is 19.7 Å². The Bertz CT molecular complexity index is 1120. The van der Waals surface area contributed by atoms with E-state index in [0.717, 1.165) is 5.69 Å². The van der Waals surface area contributed by atoms with Crippen LogP contribution in [0.4, 0.5) is 17.1 Å². The molecule has 1 N–H and O–H groups in total. The number of nitrogens with one attached hydrogen (secondary N) is 1. The normalized spacial score (nSPS) is 25.2. The summed E-state index contributed by atoms with van der Waals surface area (Å²) in [6, 6.07) is 12.9. The molecule has 2 aromatic rings. The number of nitro groups is 1. The van der Waals surface area contributed by atoms with Gasteiger partial charge in [-0.25, -0.2) is 0 Å². The number of nitrogens with zero attached hydrogens (tertiary/aromatic N) is 3. The highest BCUT2D eigenvalue weighted by atomic mass is 32.1. The number of morpholine rings is 1. The van der Waals surface area contributed by atoms with Crippen molar-refractivity contribution in [1.29, 1.82) is 0 Å². The summed E-state index contributed by atoms with van der Waals surface area (Å²) < 4.78 is 5.67. The van der Waals surface area contributed by atoms with Crippen LogP contribution in [0.3, 0.4) is 0 Å². The maximum absolute atomic E-state index is 14.0. The van der Waals surface area contributed by atoms with E-state index in [2.05, 4.69) is 5.32 Å². The van der Waals surface area contributed by atoms with Crippen LogP contribution in [0.2, 0.25) is 0 Å². The van der Waals surface area contributed by atoms with Crippen LogP contribution in [0.25, 0.3) is 0 Å². The molecular formula is C21H18N4O5S. The summed E-state index contributed by atoms with van der Waals surface area (Å²) in [4.78, 5) is 41.5. The van der Waals surface area contributed by atoms with Crippen LogP contribution in [0.1, 0.15) is 5.56 Å². The van der Waals surface area contributed by atoms with Crippen LogP contribution < -0.4 is 15.1 Å². The summed E-state index contributed by atoms with van der Waals surface area (Å²) in [5, 5.41) is 14.1. The van der Waals surface area contributed by atoms with Gasteiger partial charge in [0, 0.05) is 30.8 Å². The molecule has 1 spiro atoms. The molecule has 2 atom stereocenters. The van der Waals surface area contributed by atoms with E-state index in [-0.39, 0.29) is 23.8 Å². The van der Waals surface area contributed by atoms with E-state index >= 15 is 0 Å². The third kappa shape index (κ3) is 2.82. The van der Waals surface area contributed by atoms with Gasteiger partial charge in [0.25, 0.3) is 11.6 Å². The zero-order chi connectivity index (χ0) is 21.8. The Morgan fingerprint density at radius 3 is 2.71 bits per heavy atom. The first-order chi connectivity index (χ1) is 14.9. The molecule has 31 heavy (non-hydrogen) atoms. The van der Waals surface area contributed by atoms with Crippen molar-refractivity contribution in [3.05, 3.63) is 64.2 Å². The van der Waals surface area contributed by atoms with E-state index in [1.807, 2.05) is 11.0 Å². The van der Waals surface area contributed by atoms with Crippen molar-refractivity contribution >= 4 is 46.2 Å². The SMILES string of the molecule is O=C1NC(=S)N(c2ccccc2)C(=O)[C@]12Cc1cc([N+](=O)[O-])ccc1N1CCOC[C@@H]12. The fraction of sp³-hybridized carbons (Fsp3) is 0.286. The summed E-state index contributed by atoms with van der Waals surface area (Å²) in [5.41, 5.74) is 0.298. The molecule has 2 saturated heterocycles. The van der Waals surface area contributed by atoms with Gasteiger partial charge in [-0.1, -0.05) is 18.2 Å². The fourth-order valence-corrected chi connectivity index (χ4v) is 5.02. The Morgan fingerprint density at radius 2 is 1.97 bits per heavy atom. The van der Waals surface area contributed by atoms with Gasteiger partial charge in [0.05, 0.1) is 29.9 Å². The van der Waals surface area contributed by atoms with Gasteiger partial charge in [0.15, 0.2) is 10.5 Å². The second kappa shape index (κ2) is 7.10. The quantitative estimate of drug-likeness (QED) is 0.330. The third-order valence-corrected chi connectivity index (χ3v) is 6.46. The third-order valence-electron chi connectivity index (χ3n) is 6.18. The average Bonchev–Trinajstić information content (AvgIpc) is 2.78. The van der Waals surface area contributed by atoms with E-state index in [1.165, 1.54) is 17.0 Å². The minimum atomic E-state index is -1.53. The monoisotopic (exact) mass is 438 g/mol. The number of carbonyl (C=O) groups excluding carboxylic acids is 2. The van der Waals surface area contributed by atoms with Crippen molar-refractivity contribution in [2.75, 3.05) is 29.6 Å². The fourth-order valence-electron chi connectivity index (χ4n) is 4.74. The molecule has 10 heteroatoms. The number of thiocarbonyl (C=S) groups is 1. The molecule has 9 nitrogen and oxygen atoms in total. The van der Waals surface area contributed by atoms with Gasteiger partial charge in [-0.05, 0) is 36.0 Å². The lowest BCUT2D eigenvalue weighted by atomic mass is 9.68. The van der Waals surface area contributed by atoms with Gasteiger partial charge in [0.1, 0.15) is 0 Å². The number of nitro benzene ring substituents is 1. The number of non-ortho nitro benzene ring substituents is 1. The zero-order valence-corrected chi connectivity index (χ0v) is 17.1. The number of para-hydroxylation sites is 1. The molecule has 2 amide bonds. The number of benzene rings is 2. The molecule has 3 aliphatic heterocycles. The maximum atomic E-state index is 14.0. The number of ether oxygens (including phenoxy) is 1. The van der Waals surface area contributed by atoms with Crippen molar-refractivity contribution in [1.82, 2.24) is 5.32 Å². The van der Waals surface area contributed by atoms with Crippen LogP contribution in [0, 0.1) is 15.5 Å². The van der Waals surface area contributed by atoms with Gasteiger partial charge in [-0.15, -0.1) is 0 Å². The first-order valence-electron chi connectivity index (χ1n) is 9.80. The average molecular weight is 438 g/mol. The summed E-state index contributed by atoms with van der Waals surface area (Å²) in [7, 11) is 0. The predicted octanol–water partition coefficient (Wildman–Crippen LogP) is 1.79. The molecular weight excluding hydrogens is 420 g/mol. The highest BCUT2D eigenvalue weighted by Gasteiger charge is 2.62.